The minimum Gasteiger partial charge on any atom is -0.480 e. The van der Waals surface area contributed by atoms with Gasteiger partial charge in [-0.25, -0.2) is 9.59 Å². The number of aromatic nitrogens is 1. The second-order valence-electron chi connectivity index (χ2n) is 7.46. The minimum absolute atomic E-state index is 0.250. The topological polar surface area (TPSA) is 97.8 Å². The molecule has 0 spiro atoms. The zero-order valence-corrected chi connectivity index (χ0v) is 17.3. The van der Waals surface area contributed by atoms with E-state index in [1.165, 1.54) is 0 Å². The molecule has 7 nitrogen and oxygen atoms in total. The van der Waals surface area contributed by atoms with Crippen LogP contribution in [-0.2, 0) is 14.3 Å². The molecule has 2 N–H and O–H groups in total. The van der Waals surface area contributed by atoms with Crippen molar-refractivity contribution < 1.29 is 24.2 Å². The Morgan fingerprint density at radius 1 is 1.03 bits per heavy atom. The van der Waals surface area contributed by atoms with Gasteiger partial charge in [0.2, 0.25) is 0 Å². The fourth-order valence-corrected chi connectivity index (χ4v) is 3.61. The third-order valence-electron chi connectivity index (χ3n) is 5.15. The highest BCUT2D eigenvalue weighted by molar-refractivity contribution is 6.30. The second-order valence-corrected chi connectivity index (χ2v) is 7.89. The number of carboxylic acid groups (broad SMARTS) is 1. The van der Waals surface area contributed by atoms with Gasteiger partial charge < -0.3 is 14.6 Å². The smallest absolute Gasteiger partial charge is 0.411 e. The molecule has 0 aliphatic heterocycles. The molecule has 30 heavy (non-hydrogen) atoms. The summed E-state index contributed by atoms with van der Waals surface area (Å²) < 4.78 is 10.5. The average Bonchev–Trinajstić information content (AvgIpc) is 2.74. The van der Waals surface area contributed by atoms with Crippen LogP contribution in [0.5, 0.6) is 0 Å². The van der Waals surface area contributed by atoms with Gasteiger partial charge in [0, 0.05) is 17.4 Å². The molecule has 3 rings (SSSR count). The van der Waals surface area contributed by atoms with Gasteiger partial charge in [0.25, 0.3) is 0 Å². The number of rotatable bonds is 8. The lowest BCUT2D eigenvalue weighted by atomic mass is 9.83. The van der Waals surface area contributed by atoms with Crippen LogP contribution in [0, 0.1) is 11.8 Å². The zero-order chi connectivity index (χ0) is 21.3. The maximum Gasteiger partial charge on any atom is 0.411 e. The van der Waals surface area contributed by atoms with Crippen LogP contribution in [0.25, 0.3) is 11.3 Å². The number of ether oxygens (including phenoxy) is 2. The number of amides is 1. The molecule has 1 heterocycles. The van der Waals surface area contributed by atoms with Crippen molar-refractivity contribution in [2.45, 2.75) is 25.7 Å². The number of carboxylic acids is 1. The maximum atomic E-state index is 12.1. The van der Waals surface area contributed by atoms with E-state index in [1.54, 1.807) is 24.4 Å². The summed E-state index contributed by atoms with van der Waals surface area (Å²) in [7, 11) is 0. The lowest BCUT2D eigenvalue weighted by molar-refractivity contribution is -0.142. The first-order valence-electron chi connectivity index (χ1n) is 9.95. The van der Waals surface area contributed by atoms with Gasteiger partial charge in [-0.1, -0.05) is 23.7 Å². The molecule has 1 amide bonds. The predicted molar refractivity (Wildman–Crippen MR) is 114 cm³/mol. The summed E-state index contributed by atoms with van der Waals surface area (Å²) >= 11 is 5.86. The van der Waals surface area contributed by atoms with Gasteiger partial charge in [0.05, 0.1) is 23.9 Å². The molecule has 1 aliphatic rings. The molecule has 160 valence electrons. The first-order valence-corrected chi connectivity index (χ1v) is 10.3. The normalized spacial score (nSPS) is 18.6. The predicted octanol–water partition coefficient (Wildman–Crippen LogP) is 4.86. The minimum atomic E-state index is -0.945. The molecular formula is C22H25ClN2O5. The van der Waals surface area contributed by atoms with Crippen molar-refractivity contribution in [1.29, 1.82) is 0 Å². The SMILES string of the molecule is O=C(O)COCC1CCC(COC(=O)Nc2ccc(-c3ccc(Cl)cn3)cc2)CC1. The number of benzene rings is 1. The summed E-state index contributed by atoms with van der Waals surface area (Å²) in [6, 6.07) is 11.0. The fourth-order valence-electron chi connectivity index (χ4n) is 3.50. The lowest BCUT2D eigenvalue weighted by Gasteiger charge is -2.27. The molecule has 1 fully saturated rings. The summed E-state index contributed by atoms with van der Waals surface area (Å²) in [6.45, 7) is 0.601. The molecule has 0 atom stereocenters. The van der Waals surface area contributed by atoms with Crippen LogP contribution >= 0.6 is 11.6 Å². The molecule has 1 aromatic heterocycles. The summed E-state index contributed by atoms with van der Waals surface area (Å²) in [5, 5.41) is 11.9. The Bertz CT molecular complexity index is 834. The number of pyridine rings is 1. The van der Waals surface area contributed by atoms with Crippen LogP contribution in [0.3, 0.4) is 0 Å². The summed E-state index contributed by atoms with van der Waals surface area (Å²) in [4.78, 5) is 26.8. The van der Waals surface area contributed by atoms with E-state index < -0.39 is 12.1 Å². The Morgan fingerprint density at radius 2 is 1.70 bits per heavy atom. The molecule has 1 aliphatic carbocycles. The van der Waals surface area contributed by atoms with Gasteiger partial charge in [0.1, 0.15) is 6.61 Å². The van der Waals surface area contributed by atoms with Crippen LogP contribution < -0.4 is 5.32 Å². The number of nitrogens with one attached hydrogen (secondary N) is 1. The number of aliphatic carboxylic acids is 1. The van der Waals surface area contributed by atoms with E-state index >= 15 is 0 Å². The monoisotopic (exact) mass is 432 g/mol. The van der Waals surface area contributed by atoms with E-state index in [1.807, 2.05) is 18.2 Å². The standard InChI is InChI=1S/C22H25ClN2O5/c23-18-7-10-20(24-11-18)17-5-8-19(9-6-17)25-22(28)30-13-16-3-1-15(2-4-16)12-29-14-21(26)27/h5-11,15-16H,1-4,12-14H2,(H,25,28)(H,26,27). The Kier molecular flexibility index (Phi) is 8.04. The molecule has 2 aromatic rings. The van der Waals surface area contributed by atoms with Crippen molar-refractivity contribution in [3.05, 3.63) is 47.6 Å². The number of hydrogen-bond acceptors (Lipinski definition) is 5. The summed E-state index contributed by atoms with van der Waals surface area (Å²) in [5.41, 5.74) is 2.38. The fraction of sp³-hybridized carbons (Fsp3) is 0.409. The van der Waals surface area contributed by atoms with E-state index in [-0.39, 0.29) is 6.61 Å². The molecule has 0 radical (unpaired) electrons. The number of carbonyl (C=O) groups is 2. The van der Waals surface area contributed by atoms with Crippen molar-refractivity contribution >= 4 is 29.4 Å². The number of nitrogens with zero attached hydrogens (tertiary/aromatic N) is 1. The molecule has 1 aromatic carbocycles. The van der Waals surface area contributed by atoms with Crippen molar-refractivity contribution in [1.82, 2.24) is 4.98 Å². The molecule has 0 saturated heterocycles. The van der Waals surface area contributed by atoms with Gasteiger partial charge in [-0.3, -0.25) is 10.3 Å². The highest BCUT2D eigenvalue weighted by Crippen LogP contribution is 2.29. The van der Waals surface area contributed by atoms with Crippen molar-refractivity contribution in [3.8, 4) is 11.3 Å². The Balaban J connectivity index is 1.37. The Morgan fingerprint density at radius 3 is 2.30 bits per heavy atom. The highest BCUT2D eigenvalue weighted by atomic mass is 35.5. The van der Waals surface area contributed by atoms with Crippen LogP contribution in [0.4, 0.5) is 10.5 Å². The van der Waals surface area contributed by atoms with E-state index in [0.717, 1.165) is 36.9 Å². The van der Waals surface area contributed by atoms with E-state index in [9.17, 15) is 9.59 Å². The van der Waals surface area contributed by atoms with Crippen LogP contribution in [-0.4, -0.2) is 42.0 Å². The van der Waals surface area contributed by atoms with Gasteiger partial charge in [-0.15, -0.1) is 0 Å². The van der Waals surface area contributed by atoms with Crippen LogP contribution in [0.15, 0.2) is 42.6 Å². The third kappa shape index (κ3) is 7.00. The van der Waals surface area contributed by atoms with Gasteiger partial charge in [-0.2, -0.15) is 0 Å². The first kappa shape index (κ1) is 22.1. The average molecular weight is 433 g/mol. The second kappa shape index (κ2) is 10.9. The molecule has 0 bridgehead atoms. The first-order chi connectivity index (χ1) is 14.5. The Labute approximate surface area is 180 Å². The largest absolute Gasteiger partial charge is 0.480 e. The Hall–Kier alpha value is -2.64. The van der Waals surface area contributed by atoms with Crippen LogP contribution in [0.2, 0.25) is 5.02 Å². The van der Waals surface area contributed by atoms with Crippen molar-refractivity contribution in [2.24, 2.45) is 11.8 Å². The zero-order valence-electron chi connectivity index (χ0n) is 16.6. The number of anilines is 1. The lowest BCUT2D eigenvalue weighted by Crippen LogP contribution is -2.25. The maximum absolute atomic E-state index is 12.1. The van der Waals surface area contributed by atoms with Crippen LogP contribution in [0.1, 0.15) is 25.7 Å². The van der Waals surface area contributed by atoms with Gasteiger partial charge in [-0.05, 0) is 61.8 Å². The van der Waals surface area contributed by atoms with Gasteiger partial charge in [0.15, 0.2) is 0 Å². The number of hydrogen-bond donors (Lipinski definition) is 2. The number of carbonyl (C=O) groups excluding carboxylic acids is 1. The summed E-state index contributed by atoms with van der Waals surface area (Å²) in [6.07, 6.45) is 4.91. The summed E-state index contributed by atoms with van der Waals surface area (Å²) in [5.74, 6) is -0.243. The molecule has 1 saturated carbocycles. The van der Waals surface area contributed by atoms with E-state index in [4.69, 9.17) is 26.2 Å². The highest BCUT2D eigenvalue weighted by Gasteiger charge is 2.22. The number of halogens is 1. The van der Waals surface area contributed by atoms with E-state index in [0.29, 0.717) is 35.8 Å². The molecule has 0 unspecified atom stereocenters. The van der Waals surface area contributed by atoms with Crippen molar-refractivity contribution in [2.75, 3.05) is 25.1 Å². The third-order valence-corrected chi connectivity index (χ3v) is 5.37. The molecular weight excluding hydrogens is 408 g/mol. The quantitative estimate of drug-likeness (QED) is 0.618. The van der Waals surface area contributed by atoms with Gasteiger partial charge >= 0.3 is 12.1 Å². The van der Waals surface area contributed by atoms with E-state index in [2.05, 4.69) is 10.3 Å². The molecule has 8 heteroatoms. The van der Waals surface area contributed by atoms with Crippen molar-refractivity contribution in [3.63, 3.8) is 0 Å².